The van der Waals surface area contributed by atoms with Gasteiger partial charge in [-0.15, -0.1) is 0 Å². The Labute approximate surface area is 118 Å². The van der Waals surface area contributed by atoms with Gasteiger partial charge in [0.05, 0.1) is 6.04 Å². The lowest BCUT2D eigenvalue weighted by atomic mass is 9.96. The van der Waals surface area contributed by atoms with Crippen LogP contribution < -0.4 is 11.1 Å². The van der Waals surface area contributed by atoms with Crippen LogP contribution in [0.1, 0.15) is 22.9 Å². The van der Waals surface area contributed by atoms with E-state index in [1.165, 1.54) is 27.7 Å². The molecule has 0 spiro atoms. The summed E-state index contributed by atoms with van der Waals surface area (Å²) < 4.78 is 0. The number of nitrogen functional groups attached to an aromatic ring is 1. The Kier molecular flexibility index (Phi) is 3.20. The molecule has 3 nitrogen and oxygen atoms in total. The fourth-order valence-corrected chi connectivity index (χ4v) is 2.84. The van der Waals surface area contributed by atoms with Crippen LogP contribution in [0.15, 0.2) is 48.5 Å². The second-order valence-electron chi connectivity index (χ2n) is 5.10. The van der Waals surface area contributed by atoms with E-state index >= 15 is 0 Å². The molecule has 102 valence electrons. The van der Waals surface area contributed by atoms with Gasteiger partial charge in [0, 0.05) is 27.8 Å². The Morgan fingerprint density at radius 2 is 1.75 bits per heavy atom. The SMILES string of the molecule is CNC(c1ccc(N)cc1)c1c(C)[nH]c2ccccc12. The van der Waals surface area contributed by atoms with Crippen LogP contribution in [0.3, 0.4) is 0 Å². The van der Waals surface area contributed by atoms with E-state index in [-0.39, 0.29) is 6.04 Å². The summed E-state index contributed by atoms with van der Waals surface area (Å²) in [4.78, 5) is 3.46. The predicted octanol–water partition coefficient (Wildman–Crippen LogP) is 3.37. The third-order valence-electron chi connectivity index (χ3n) is 3.79. The van der Waals surface area contributed by atoms with Gasteiger partial charge in [0.25, 0.3) is 0 Å². The number of aromatic amines is 1. The first kappa shape index (κ1) is 12.8. The van der Waals surface area contributed by atoms with Gasteiger partial charge >= 0.3 is 0 Å². The molecule has 1 aromatic heterocycles. The van der Waals surface area contributed by atoms with Crippen LogP contribution in [0.5, 0.6) is 0 Å². The average molecular weight is 265 g/mol. The number of aryl methyl sites for hydroxylation is 1. The highest BCUT2D eigenvalue weighted by Gasteiger charge is 2.18. The largest absolute Gasteiger partial charge is 0.399 e. The first-order valence-corrected chi connectivity index (χ1v) is 6.80. The fourth-order valence-electron chi connectivity index (χ4n) is 2.84. The molecule has 2 aromatic carbocycles. The summed E-state index contributed by atoms with van der Waals surface area (Å²) >= 11 is 0. The summed E-state index contributed by atoms with van der Waals surface area (Å²) in [5.74, 6) is 0. The standard InChI is InChI=1S/C17H19N3/c1-11-16(14-5-3-4-6-15(14)20-11)17(19-2)12-7-9-13(18)10-8-12/h3-10,17,19-20H,18H2,1-2H3. The van der Waals surface area contributed by atoms with E-state index < -0.39 is 0 Å². The molecule has 3 rings (SSSR count). The van der Waals surface area contributed by atoms with Crippen molar-refractivity contribution in [1.29, 1.82) is 0 Å². The summed E-state index contributed by atoms with van der Waals surface area (Å²) in [5, 5.41) is 4.68. The molecule has 0 bridgehead atoms. The van der Waals surface area contributed by atoms with Gasteiger partial charge in [0.2, 0.25) is 0 Å². The highest BCUT2D eigenvalue weighted by Crippen LogP contribution is 2.31. The third kappa shape index (κ3) is 2.06. The van der Waals surface area contributed by atoms with E-state index in [1.54, 1.807) is 0 Å². The van der Waals surface area contributed by atoms with Crippen LogP contribution in [0.2, 0.25) is 0 Å². The molecule has 0 saturated heterocycles. The Bertz CT molecular complexity index is 726. The molecule has 3 aromatic rings. The van der Waals surface area contributed by atoms with E-state index in [9.17, 15) is 0 Å². The summed E-state index contributed by atoms with van der Waals surface area (Å²) in [7, 11) is 1.99. The van der Waals surface area contributed by atoms with Gasteiger partial charge < -0.3 is 16.0 Å². The number of hydrogen-bond acceptors (Lipinski definition) is 2. The van der Waals surface area contributed by atoms with Gasteiger partial charge in [0.1, 0.15) is 0 Å². The Morgan fingerprint density at radius 1 is 1.05 bits per heavy atom. The first-order valence-electron chi connectivity index (χ1n) is 6.80. The molecule has 4 N–H and O–H groups in total. The lowest BCUT2D eigenvalue weighted by Gasteiger charge is -2.18. The van der Waals surface area contributed by atoms with E-state index in [1.807, 2.05) is 19.2 Å². The summed E-state index contributed by atoms with van der Waals surface area (Å²) in [6, 6.07) is 16.6. The van der Waals surface area contributed by atoms with Crippen LogP contribution in [0.25, 0.3) is 10.9 Å². The number of para-hydroxylation sites is 1. The number of rotatable bonds is 3. The van der Waals surface area contributed by atoms with Crippen molar-refractivity contribution in [3.63, 3.8) is 0 Å². The van der Waals surface area contributed by atoms with Crippen LogP contribution in [-0.2, 0) is 0 Å². The summed E-state index contributed by atoms with van der Waals surface area (Å²) in [6.07, 6.45) is 0. The smallest absolute Gasteiger partial charge is 0.0598 e. The van der Waals surface area contributed by atoms with Crippen LogP contribution in [0, 0.1) is 6.92 Å². The van der Waals surface area contributed by atoms with E-state index in [0.717, 1.165) is 5.69 Å². The number of nitrogens with two attached hydrogens (primary N) is 1. The second-order valence-corrected chi connectivity index (χ2v) is 5.10. The van der Waals surface area contributed by atoms with Crippen LogP contribution >= 0.6 is 0 Å². The zero-order valence-corrected chi connectivity index (χ0v) is 11.8. The van der Waals surface area contributed by atoms with Crippen molar-refractivity contribution < 1.29 is 0 Å². The number of hydrogen-bond donors (Lipinski definition) is 3. The van der Waals surface area contributed by atoms with Crippen LogP contribution in [0.4, 0.5) is 5.69 Å². The first-order chi connectivity index (χ1) is 9.70. The number of fused-ring (bicyclic) bond motifs is 1. The highest BCUT2D eigenvalue weighted by molar-refractivity contribution is 5.85. The molecule has 0 fully saturated rings. The van der Waals surface area contributed by atoms with Crippen molar-refractivity contribution >= 4 is 16.6 Å². The molecule has 0 aliphatic heterocycles. The van der Waals surface area contributed by atoms with Gasteiger partial charge in [-0.2, -0.15) is 0 Å². The highest BCUT2D eigenvalue weighted by atomic mass is 14.9. The molecular formula is C17H19N3. The molecule has 20 heavy (non-hydrogen) atoms. The minimum absolute atomic E-state index is 0.159. The molecule has 0 amide bonds. The monoisotopic (exact) mass is 265 g/mol. The molecule has 3 heteroatoms. The van der Waals surface area contributed by atoms with Gasteiger partial charge in [-0.25, -0.2) is 0 Å². The number of nitrogens with one attached hydrogen (secondary N) is 2. The van der Waals surface area contributed by atoms with E-state index in [4.69, 9.17) is 5.73 Å². The normalized spacial score (nSPS) is 12.7. The van der Waals surface area contributed by atoms with Gasteiger partial charge in [-0.1, -0.05) is 30.3 Å². The molecule has 0 aliphatic rings. The minimum atomic E-state index is 0.159. The van der Waals surface area contributed by atoms with Crippen LogP contribution in [-0.4, -0.2) is 12.0 Å². The van der Waals surface area contributed by atoms with Gasteiger partial charge in [0.15, 0.2) is 0 Å². The van der Waals surface area contributed by atoms with Gasteiger partial charge in [-0.05, 0) is 37.7 Å². The molecule has 0 aliphatic carbocycles. The summed E-state index contributed by atoms with van der Waals surface area (Å²) in [5.41, 5.74) is 11.5. The quantitative estimate of drug-likeness (QED) is 0.636. The molecule has 0 radical (unpaired) electrons. The Balaban J connectivity index is 2.16. The van der Waals surface area contributed by atoms with Crippen molar-refractivity contribution in [2.75, 3.05) is 12.8 Å². The third-order valence-corrected chi connectivity index (χ3v) is 3.79. The topological polar surface area (TPSA) is 53.8 Å². The molecular weight excluding hydrogens is 246 g/mol. The minimum Gasteiger partial charge on any atom is -0.399 e. The second kappa shape index (κ2) is 5.02. The zero-order chi connectivity index (χ0) is 14.1. The van der Waals surface area contributed by atoms with E-state index in [2.05, 4.69) is 53.6 Å². The number of aromatic nitrogens is 1. The molecule has 1 heterocycles. The van der Waals surface area contributed by atoms with Crippen molar-refractivity contribution in [2.45, 2.75) is 13.0 Å². The number of benzene rings is 2. The predicted molar refractivity (Wildman–Crippen MR) is 84.8 cm³/mol. The summed E-state index contributed by atoms with van der Waals surface area (Å²) in [6.45, 7) is 2.12. The van der Waals surface area contributed by atoms with Crippen molar-refractivity contribution in [1.82, 2.24) is 10.3 Å². The number of anilines is 1. The lowest BCUT2D eigenvalue weighted by Crippen LogP contribution is -2.18. The lowest BCUT2D eigenvalue weighted by molar-refractivity contribution is 0.692. The fraction of sp³-hybridized carbons (Fsp3) is 0.176. The van der Waals surface area contributed by atoms with Crippen molar-refractivity contribution in [3.05, 3.63) is 65.4 Å². The average Bonchev–Trinajstić information content (AvgIpc) is 2.79. The van der Waals surface area contributed by atoms with Gasteiger partial charge in [-0.3, -0.25) is 0 Å². The molecule has 0 saturated carbocycles. The Hall–Kier alpha value is -2.26. The zero-order valence-electron chi connectivity index (χ0n) is 11.8. The maximum Gasteiger partial charge on any atom is 0.0598 e. The maximum absolute atomic E-state index is 5.78. The van der Waals surface area contributed by atoms with E-state index in [0.29, 0.717) is 0 Å². The molecule has 1 unspecified atom stereocenters. The van der Waals surface area contributed by atoms with Crippen molar-refractivity contribution in [3.8, 4) is 0 Å². The number of H-pyrrole nitrogens is 1. The maximum atomic E-state index is 5.78. The Morgan fingerprint density at radius 3 is 2.45 bits per heavy atom. The van der Waals surface area contributed by atoms with Crippen molar-refractivity contribution in [2.24, 2.45) is 0 Å². The molecule has 1 atom stereocenters.